The Morgan fingerprint density at radius 1 is 1.00 bits per heavy atom. The van der Waals surface area contributed by atoms with Gasteiger partial charge in [0, 0.05) is 12.6 Å². The van der Waals surface area contributed by atoms with Gasteiger partial charge in [0.1, 0.15) is 0 Å². The molecule has 0 fully saturated rings. The van der Waals surface area contributed by atoms with Gasteiger partial charge in [0.25, 0.3) is 0 Å². The minimum atomic E-state index is 0.0187. The molecule has 0 unspecified atom stereocenters. The number of ether oxygens (including phenoxy) is 1. The molecule has 0 saturated carbocycles. The first-order chi connectivity index (χ1) is 9.90. The van der Waals surface area contributed by atoms with Crippen molar-refractivity contribution < 1.29 is 4.74 Å². The maximum Gasteiger partial charge on any atom is 0.322 e. The number of benzene rings is 1. The smallest absolute Gasteiger partial charge is 0.322 e. The molecule has 0 aliphatic carbocycles. The van der Waals surface area contributed by atoms with Crippen molar-refractivity contribution >= 4 is 5.95 Å². The molecule has 5 heteroatoms. The number of aryl methyl sites for hydroxylation is 3. The molecular formula is C16H22N4O. The quantitative estimate of drug-likeness (QED) is 0.934. The zero-order chi connectivity index (χ0) is 15.6. The summed E-state index contributed by atoms with van der Waals surface area (Å²) in [4.78, 5) is 13.2. The van der Waals surface area contributed by atoms with E-state index in [1.807, 2.05) is 13.8 Å². The van der Waals surface area contributed by atoms with E-state index in [0.717, 1.165) is 16.7 Å². The summed E-state index contributed by atoms with van der Waals surface area (Å²) in [5, 5.41) is 2.96. The van der Waals surface area contributed by atoms with Crippen molar-refractivity contribution in [2.24, 2.45) is 0 Å². The van der Waals surface area contributed by atoms with Gasteiger partial charge < -0.3 is 10.1 Å². The molecule has 112 valence electrons. The molecule has 0 spiro atoms. The molecule has 0 aliphatic heterocycles. The van der Waals surface area contributed by atoms with Gasteiger partial charge in [-0.05, 0) is 45.7 Å². The second-order valence-corrected chi connectivity index (χ2v) is 5.46. The van der Waals surface area contributed by atoms with Gasteiger partial charge in [0.15, 0.2) is 5.82 Å². The van der Waals surface area contributed by atoms with Crippen LogP contribution in [0.1, 0.15) is 30.5 Å². The summed E-state index contributed by atoms with van der Waals surface area (Å²) in [7, 11) is 1.78. The summed E-state index contributed by atoms with van der Waals surface area (Å²) in [6, 6.07) is 4.61. The lowest BCUT2D eigenvalue weighted by Crippen LogP contribution is -2.11. The predicted molar refractivity (Wildman–Crippen MR) is 84.8 cm³/mol. The highest BCUT2D eigenvalue weighted by molar-refractivity contribution is 5.66. The molecule has 5 nitrogen and oxygen atoms in total. The fourth-order valence-electron chi connectivity index (χ4n) is 2.38. The summed E-state index contributed by atoms with van der Waals surface area (Å²) < 4.78 is 5.62. The van der Waals surface area contributed by atoms with Gasteiger partial charge in [0.2, 0.25) is 5.95 Å². The summed E-state index contributed by atoms with van der Waals surface area (Å²) in [6.07, 6.45) is 0.0187. The Balaban J connectivity index is 2.58. The van der Waals surface area contributed by atoms with Crippen molar-refractivity contribution in [1.29, 1.82) is 0 Å². The lowest BCUT2D eigenvalue weighted by atomic mass is 9.99. The monoisotopic (exact) mass is 286 g/mol. The van der Waals surface area contributed by atoms with Crippen LogP contribution in [0.15, 0.2) is 12.1 Å². The van der Waals surface area contributed by atoms with E-state index in [1.165, 1.54) is 5.56 Å². The number of rotatable bonds is 4. The Morgan fingerprint density at radius 3 is 2.14 bits per heavy atom. The Kier molecular flexibility index (Phi) is 4.40. The zero-order valence-corrected chi connectivity index (χ0v) is 13.5. The van der Waals surface area contributed by atoms with Gasteiger partial charge in [-0.25, -0.2) is 0 Å². The molecule has 2 rings (SSSR count). The number of aromatic nitrogens is 3. The van der Waals surface area contributed by atoms with Gasteiger partial charge in [0.05, 0.1) is 6.10 Å². The molecule has 0 aliphatic rings. The molecule has 1 aromatic heterocycles. The van der Waals surface area contributed by atoms with Crippen LogP contribution in [0.3, 0.4) is 0 Å². The first-order valence-corrected chi connectivity index (χ1v) is 7.09. The molecule has 0 radical (unpaired) electrons. The highest BCUT2D eigenvalue weighted by atomic mass is 16.5. The third-order valence-electron chi connectivity index (χ3n) is 3.08. The van der Waals surface area contributed by atoms with Gasteiger partial charge in [-0.15, -0.1) is 0 Å². The molecule has 1 N–H and O–H groups in total. The predicted octanol–water partition coefficient (Wildman–Crippen LogP) is 3.29. The average Bonchev–Trinajstić information content (AvgIpc) is 2.36. The number of hydrogen-bond acceptors (Lipinski definition) is 5. The second kappa shape index (κ2) is 6.08. The maximum atomic E-state index is 5.62. The van der Waals surface area contributed by atoms with E-state index < -0.39 is 0 Å². The first-order valence-electron chi connectivity index (χ1n) is 7.09. The molecule has 1 aromatic carbocycles. The number of hydrogen-bond donors (Lipinski definition) is 1. The zero-order valence-electron chi connectivity index (χ0n) is 13.5. The lowest BCUT2D eigenvalue weighted by Gasteiger charge is -2.13. The van der Waals surface area contributed by atoms with Crippen molar-refractivity contribution in [2.45, 2.75) is 40.7 Å². The largest absolute Gasteiger partial charge is 0.461 e. The van der Waals surface area contributed by atoms with Crippen molar-refractivity contribution in [3.05, 3.63) is 28.8 Å². The van der Waals surface area contributed by atoms with Crippen molar-refractivity contribution in [2.75, 3.05) is 12.4 Å². The highest BCUT2D eigenvalue weighted by Gasteiger charge is 2.14. The van der Waals surface area contributed by atoms with Crippen LogP contribution in [0.2, 0.25) is 0 Å². The first kappa shape index (κ1) is 15.2. The van der Waals surface area contributed by atoms with Crippen LogP contribution in [-0.2, 0) is 0 Å². The fourth-order valence-corrected chi connectivity index (χ4v) is 2.38. The van der Waals surface area contributed by atoms with Crippen molar-refractivity contribution in [1.82, 2.24) is 15.0 Å². The molecular weight excluding hydrogens is 264 g/mol. The Bertz CT molecular complexity index is 630. The number of nitrogens with one attached hydrogen (secondary N) is 1. The summed E-state index contributed by atoms with van der Waals surface area (Å²) >= 11 is 0. The third-order valence-corrected chi connectivity index (χ3v) is 3.08. The van der Waals surface area contributed by atoms with E-state index >= 15 is 0 Å². The number of nitrogens with zero attached hydrogens (tertiary/aromatic N) is 3. The Morgan fingerprint density at radius 2 is 1.62 bits per heavy atom. The van der Waals surface area contributed by atoms with E-state index in [9.17, 15) is 0 Å². The Labute approximate surface area is 125 Å². The lowest BCUT2D eigenvalue weighted by molar-refractivity contribution is 0.222. The molecule has 0 saturated heterocycles. The van der Waals surface area contributed by atoms with E-state index in [0.29, 0.717) is 17.8 Å². The molecule has 2 aromatic rings. The van der Waals surface area contributed by atoms with Crippen LogP contribution >= 0.6 is 0 Å². The maximum absolute atomic E-state index is 5.62. The fraction of sp³-hybridized carbons (Fsp3) is 0.438. The minimum Gasteiger partial charge on any atom is -0.461 e. The highest BCUT2D eigenvalue weighted by Crippen LogP contribution is 2.27. The SMILES string of the molecule is CNc1nc(OC(C)C)nc(-c2c(C)cc(C)cc2C)n1. The standard InChI is InChI=1S/C16H22N4O/c1-9(2)21-16-19-14(18-15(17-6)20-16)13-11(4)7-10(3)8-12(13)5/h7-9H,1-6H3,(H,17,18,19,20). The number of anilines is 1. The van der Waals surface area contributed by atoms with Crippen LogP contribution in [0.25, 0.3) is 11.4 Å². The summed E-state index contributed by atoms with van der Waals surface area (Å²) in [5.41, 5.74) is 4.57. The Hall–Kier alpha value is -2.17. The molecule has 0 bridgehead atoms. The second-order valence-electron chi connectivity index (χ2n) is 5.46. The van der Waals surface area contributed by atoms with Crippen LogP contribution in [0.4, 0.5) is 5.95 Å². The van der Waals surface area contributed by atoms with Gasteiger partial charge in [-0.2, -0.15) is 15.0 Å². The molecule has 0 atom stereocenters. The van der Waals surface area contributed by atoms with E-state index in [1.54, 1.807) is 7.05 Å². The average molecular weight is 286 g/mol. The normalized spacial score (nSPS) is 10.8. The van der Waals surface area contributed by atoms with Crippen LogP contribution in [0.5, 0.6) is 6.01 Å². The minimum absolute atomic E-state index is 0.0187. The summed E-state index contributed by atoms with van der Waals surface area (Å²) in [6.45, 7) is 10.1. The topological polar surface area (TPSA) is 59.9 Å². The van der Waals surface area contributed by atoms with Crippen LogP contribution < -0.4 is 10.1 Å². The van der Waals surface area contributed by atoms with Gasteiger partial charge in [-0.1, -0.05) is 17.7 Å². The van der Waals surface area contributed by atoms with E-state index in [-0.39, 0.29) is 6.10 Å². The van der Waals surface area contributed by atoms with Gasteiger partial charge >= 0.3 is 6.01 Å². The van der Waals surface area contributed by atoms with E-state index in [4.69, 9.17) is 4.74 Å². The van der Waals surface area contributed by atoms with Crippen LogP contribution in [-0.4, -0.2) is 28.1 Å². The van der Waals surface area contributed by atoms with Crippen molar-refractivity contribution in [3.8, 4) is 17.4 Å². The third kappa shape index (κ3) is 3.48. The van der Waals surface area contributed by atoms with E-state index in [2.05, 4.69) is 53.2 Å². The van der Waals surface area contributed by atoms with Crippen LogP contribution in [0, 0.1) is 20.8 Å². The molecule has 0 amide bonds. The molecule has 1 heterocycles. The van der Waals surface area contributed by atoms with Gasteiger partial charge in [-0.3, -0.25) is 0 Å². The summed E-state index contributed by atoms with van der Waals surface area (Å²) in [5.74, 6) is 1.15. The van der Waals surface area contributed by atoms with Crippen molar-refractivity contribution in [3.63, 3.8) is 0 Å². The molecule has 21 heavy (non-hydrogen) atoms.